The predicted octanol–water partition coefficient (Wildman–Crippen LogP) is 5.40. The summed E-state index contributed by atoms with van der Waals surface area (Å²) in [4.78, 5) is 13.7. The molecule has 1 aliphatic heterocycles. The van der Waals surface area contributed by atoms with Crippen LogP contribution in [0.5, 0.6) is 5.75 Å². The molecule has 0 bridgehead atoms. The predicted molar refractivity (Wildman–Crippen MR) is 123 cm³/mol. The van der Waals surface area contributed by atoms with Gasteiger partial charge in [-0.2, -0.15) is 0 Å². The first-order chi connectivity index (χ1) is 14.8. The minimum atomic E-state index is -3.73. The van der Waals surface area contributed by atoms with Crippen molar-refractivity contribution >= 4 is 32.8 Å². The van der Waals surface area contributed by atoms with Gasteiger partial charge in [0.25, 0.3) is 0 Å². The van der Waals surface area contributed by atoms with Gasteiger partial charge in [0.1, 0.15) is 10.6 Å². The summed E-state index contributed by atoms with van der Waals surface area (Å²) >= 11 is 1.37. The number of nitrogens with one attached hydrogen (secondary N) is 1. The molecule has 31 heavy (non-hydrogen) atoms. The fourth-order valence-electron chi connectivity index (χ4n) is 3.57. The summed E-state index contributed by atoms with van der Waals surface area (Å²) < 4.78 is 32.2. The summed E-state index contributed by atoms with van der Waals surface area (Å²) in [5.41, 5.74) is 2.36. The van der Waals surface area contributed by atoms with E-state index in [1.165, 1.54) is 11.3 Å². The molecule has 7 heteroatoms. The van der Waals surface area contributed by atoms with E-state index in [2.05, 4.69) is 19.2 Å². The number of carbonyl (C=O) groups is 1. The first kappa shape index (κ1) is 21.6. The lowest BCUT2D eigenvalue weighted by Gasteiger charge is -2.24. The number of ether oxygens (including phenoxy) is 1. The van der Waals surface area contributed by atoms with Gasteiger partial charge in [-0.15, -0.1) is 11.3 Å². The van der Waals surface area contributed by atoms with Crippen molar-refractivity contribution in [2.45, 2.75) is 42.9 Å². The Balaban J connectivity index is 1.68. The summed E-state index contributed by atoms with van der Waals surface area (Å²) in [5, 5.41) is 4.44. The highest BCUT2D eigenvalue weighted by molar-refractivity contribution is 7.91. The third kappa shape index (κ3) is 4.38. The van der Waals surface area contributed by atoms with E-state index in [1.54, 1.807) is 29.6 Å². The van der Waals surface area contributed by atoms with Crippen LogP contribution in [0.1, 0.15) is 42.2 Å². The number of sulfone groups is 1. The average Bonchev–Trinajstić information content (AvgIpc) is 3.17. The molecule has 2 heterocycles. The molecule has 1 aromatic heterocycles. The molecule has 162 valence electrons. The Labute approximate surface area is 187 Å². The van der Waals surface area contributed by atoms with Crippen LogP contribution in [0, 0.1) is 12.8 Å². The molecule has 2 aromatic carbocycles. The number of fused-ring (bicyclic) bond motifs is 1. The highest BCUT2D eigenvalue weighted by Gasteiger charge is 2.34. The molecular weight excluding hydrogens is 430 g/mol. The van der Waals surface area contributed by atoms with E-state index < -0.39 is 9.84 Å². The molecule has 0 fully saturated rings. The summed E-state index contributed by atoms with van der Waals surface area (Å²) in [6.07, 6.45) is 0.281. The number of aryl methyl sites for hydroxylation is 1. The maximum atomic E-state index is 13.2. The zero-order valence-electron chi connectivity index (χ0n) is 17.7. The molecule has 4 rings (SSSR count). The number of rotatable bonds is 6. The smallest absolute Gasteiger partial charge is 0.225 e. The minimum Gasteiger partial charge on any atom is -0.493 e. The third-order valence-electron chi connectivity index (χ3n) is 5.24. The number of anilines is 1. The third-order valence-corrected chi connectivity index (χ3v) is 8.28. The van der Waals surface area contributed by atoms with Crippen LogP contribution < -0.4 is 10.1 Å². The summed E-state index contributed by atoms with van der Waals surface area (Å²) in [6, 6.07) is 14.5. The minimum absolute atomic E-state index is 0.159. The van der Waals surface area contributed by atoms with Gasteiger partial charge in [0.2, 0.25) is 15.7 Å². The monoisotopic (exact) mass is 455 g/mol. The van der Waals surface area contributed by atoms with E-state index in [9.17, 15) is 13.2 Å². The van der Waals surface area contributed by atoms with Crippen LogP contribution in [0.15, 0.2) is 63.7 Å². The number of thiophene rings is 1. The highest BCUT2D eigenvalue weighted by Crippen LogP contribution is 2.46. The topological polar surface area (TPSA) is 72.5 Å². The second-order valence-electron chi connectivity index (χ2n) is 8.23. The van der Waals surface area contributed by atoms with Crippen molar-refractivity contribution in [2.75, 3.05) is 11.9 Å². The van der Waals surface area contributed by atoms with Crippen molar-refractivity contribution in [3.05, 3.63) is 69.9 Å². The van der Waals surface area contributed by atoms with E-state index in [0.717, 1.165) is 21.8 Å². The Kier molecular flexibility index (Phi) is 5.90. The van der Waals surface area contributed by atoms with Gasteiger partial charge in [0.05, 0.1) is 17.2 Å². The van der Waals surface area contributed by atoms with E-state index in [-0.39, 0.29) is 28.0 Å². The molecule has 0 spiro atoms. The quantitative estimate of drug-likeness (QED) is 0.540. The fraction of sp³-hybridized carbons (Fsp3) is 0.292. The van der Waals surface area contributed by atoms with Gasteiger partial charge >= 0.3 is 0 Å². The zero-order chi connectivity index (χ0) is 22.2. The standard InChI is InChI=1S/C24H25NO4S2/c1-15(2)13-29-18-8-6-17(7-9-18)20-12-22(26)25-23-21(14-30-24(20)23)31(27,28)19-10-4-16(3)5-11-19/h4-11,14-15,20H,12-13H2,1-3H3,(H,25,26). The van der Waals surface area contributed by atoms with Gasteiger partial charge in [-0.05, 0) is 42.7 Å². The number of amides is 1. The molecule has 0 aliphatic carbocycles. The van der Waals surface area contributed by atoms with Crippen LogP contribution >= 0.6 is 11.3 Å². The van der Waals surface area contributed by atoms with E-state index >= 15 is 0 Å². The normalized spacial score (nSPS) is 16.1. The largest absolute Gasteiger partial charge is 0.493 e. The first-order valence-electron chi connectivity index (χ1n) is 10.2. The molecule has 1 unspecified atom stereocenters. The Morgan fingerprint density at radius 3 is 2.42 bits per heavy atom. The summed E-state index contributed by atoms with van der Waals surface area (Å²) in [5.74, 6) is 0.849. The first-order valence-corrected chi connectivity index (χ1v) is 12.6. The lowest BCUT2D eigenvalue weighted by molar-refractivity contribution is -0.116. The van der Waals surface area contributed by atoms with Crippen molar-refractivity contribution in [3.63, 3.8) is 0 Å². The second-order valence-corrected chi connectivity index (χ2v) is 11.1. The molecule has 0 radical (unpaired) electrons. The van der Waals surface area contributed by atoms with Crippen LogP contribution in [-0.4, -0.2) is 20.9 Å². The van der Waals surface area contributed by atoms with Crippen LogP contribution in [0.25, 0.3) is 0 Å². The Hall–Kier alpha value is -2.64. The molecule has 1 atom stereocenters. The Morgan fingerprint density at radius 2 is 1.77 bits per heavy atom. The van der Waals surface area contributed by atoms with Crippen molar-refractivity contribution in [1.29, 1.82) is 0 Å². The van der Waals surface area contributed by atoms with E-state index in [1.807, 2.05) is 31.2 Å². The van der Waals surface area contributed by atoms with E-state index in [0.29, 0.717) is 18.2 Å². The van der Waals surface area contributed by atoms with Gasteiger partial charge in [-0.25, -0.2) is 8.42 Å². The van der Waals surface area contributed by atoms with Crippen LogP contribution in [0.3, 0.4) is 0 Å². The fourth-order valence-corrected chi connectivity index (χ4v) is 6.48. The maximum absolute atomic E-state index is 13.2. The van der Waals surface area contributed by atoms with Gasteiger partial charge in [-0.3, -0.25) is 4.79 Å². The van der Waals surface area contributed by atoms with Crippen LogP contribution in [-0.2, 0) is 14.6 Å². The Bertz CT molecular complexity index is 1190. The van der Waals surface area contributed by atoms with Gasteiger partial charge < -0.3 is 10.1 Å². The Morgan fingerprint density at radius 1 is 1.10 bits per heavy atom. The molecule has 0 saturated heterocycles. The molecule has 5 nitrogen and oxygen atoms in total. The molecule has 3 aromatic rings. The SMILES string of the molecule is Cc1ccc(S(=O)(=O)c2csc3c2NC(=O)CC3c2ccc(OCC(C)C)cc2)cc1. The van der Waals surface area contributed by atoms with Crippen LogP contribution in [0.2, 0.25) is 0 Å². The summed E-state index contributed by atoms with van der Waals surface area (Å²) in [6.45, 7) is 6.73. The molecule has 1 N–H and O–H groups in total. The number of hydrogen-bond acceptors (Lipinski definition) is 5. The van der Waals surface area contributed by atoms with Gasteiger partial charge in [0, 0.05) is 22.6 Å². The number of benzene rings is 2. The van der Waals surface area contributed by atoms with Crippen molar-refractivity contribution in [3.8, 4) is 5.75 Å². The number of carbonyl (C=O) groups excluding carboxylic acids is 1. The lowest BCUT2D eigenvalue weighted by atomic mass is 9.90. The summed E-state index contributed by atoms with van der Waals surface area (Å²) in [7, 11) is -3.73. The average molecular weight is 456 g/mol. The lowest BCUT2D eigenvalue weighted by Crippen LogP contribution is -2.23. The highest BCUT2D eigenvalue weighted by atomic mass is 32.2. The molecule has 0 saturated carbocycles. The van der Waals surface area contributed by atoms with Crippen molar-refractivity contribution < 1.29 is 17.9 Å². The molecular formula is C24H25NO4S2. The molecule has 1 aliphatic rings. The van der Waals surface area contributed by atoms with E-state index in [4.69, 9.17) is 4.74 Å². The van der Waals surface area contributed by atoms with Crippen molar-refractivity contribution in [1.82, 2.24) is 0 Å². The van der Waals surface area contributed by atoms with Crippen LogP contribution in [0.4, 0.5) is 5.69 Å². The second kappa shape index (κ2) is 8.48. The van der Waals surface area contributed by atoms with Gasteiger partial charge in [-0.1, -0.05) is 43.7 Å². The molecule has 1 amide bonds. The van der Waals surface area contributed by atoms with Gasteiger partial charge in [0.15, 0.2) is 0 Å². The van der Waals surface area contributed by atoms with Crippen molar-refractivity contribution in [2.24, 2.45) is 5.92 Å². The maximum Gasteiger partial charge on any atom is 0.225 e. The number of hydrogen-bond donors (Lipinski definition) is 1. The zero-order valence-corrected chi connectivity index (χ0v) is 19.3.